The van der Waals surface area contributed by atoms with Crippen molar-refractivity contribution in [2.75, 3.05) is 0 Å². The number of hydrogen-bond donors (Lipinski definition) is 1. The molecule has 0 heterocycles. The van der Waals surface area contributed by atoms with E-state index in [2.05, 4.69) is 19.1 Å². The van der Waals surface area contributed by atoms with Crippen LogP contribution in [0, 0.1) is 23.6 Å². The monoisotopic (exact) mass is 427 g/mol. The smallest absolute Gasteiger partial charge is 0.126 e. The molecule has 0 aliphatic heterocycles. The summed E-state index contributed by atoms with van der Waals surface area (Å²) in [4.78, 5) is 0. The fourth-order valence-corrected chi connectivity index (χ4v) is 7.11. The van der Waals surface area contributed by atoms with Crippen LogP contribution in [-0.4, -0.2) is 6.04 Å². The van der Waals surface area contributed by atoms with Crippen LogP contribution in [0.1, 0.15) is 133 Å². The van der Waals surface area contributed by atoms with E-state index in [1.807, 2.05) is 6.07 Å². The standard InChI is InChI=1S/C29H46FN/c1-2-3-4-5-21-6-8-22(9-7-21)23-10-12-24(13-11-23)26-16-19-28(29(30)20-26)25-14-17-27(31)18-15-25/h16,19-25,27H,2-15,17-18,31H2,1H3. The predicted molar refractivity (Wildman–Crippen MR) is 130 cm³/mol. The van der Waals surface area contributed by atoms with Gasteiger partial charge in [-0.25, -0.2) is 4.39 Å². The van der Waals surface area contributed by atoms with Crippen LogP contribution >= 0.6 is 0 Å². The molecule has 3 aliphatic carbocycles. The lowest BCUT2D eigenvalue weighted by molar-refractivity contribution is 0.155. The van der Waals surface area contributed by atoms with Gasteiger partial charge in [0.2, 0.25) is 0 Å². The zero-order valence-electron chi connectivity index (χ0n) is 20.0. The van der Waals surface area contributed by atoms with Crippen LogP contribution in [0.3, 0.4) is 0 Å². The lowest BCUT2D eigenvalue weighted by atomic mass is 9.68. The zero-order chi connectivity index (χ0) is 21.6. The van der Waals surface area contributed by atoms with Gasteiger partial charge in [-0.15, -0.1) is 0 Å². The largest absolute Gasteiger partial charge is 0.328 e. The third-order valence-corrected chi connectivity index (χ3v) is 9.25. The summed E-state index contributed by atoms with van der Waals surface area (Å²) < 4.78 is 15.0. The average Bonchev–Trinajstić information content (AvgIpc) is 2.81. The molecule has 0 atom stereocenters. The first-order chi connectivity index (χ1) is 15.1. The van der Waals surface area contributed by atoms with E-state index >= 15 is 0 Å². The summed E-state index contributed by atoms with van der Waals surface area (Å²) in [5, 5.41) is 0. The van der Waals surface area contributed by atoms with Crippen molar-refractivity contribution in [1.29, 1.82) is 0 Å². The highest BCUT2D eigenvalue weighted by Crippen LogP contribution is 2.45. The van der Waals surface area contributed by atoms with Crippen LogP contribution in [0.5, 0.6) is 0 Å². The molecule has 0 aromatic heterocycles. The molecule has 0 bridgehead atoms. The first-order valence-electron chi connectivity index (χ1n) is 13.7. The highest BCUT2D eigenvalue weighted by molar-refractivity contribution is 5.30. The molecule has 0 unspecified atom stereocenters. The molecule has 31 heavy (non-hydrogen) atoms. The van der Waals surface area contributed by atoms with Crippen molar-refractivity contribution in [1.82, 2.24) is 0 Å². The Balaban J connectivity index is 1.24. The van der Waals surface area contributed by atoms with Gasteiger partial charge in [0, 0.05) is 6.04 Å². The van der Waals surface area contributed by atoms with Gasteiger partial charge in [0.05, 0.1) is 0 Å². The van der Waals surface area contributed by atoms with E-state index in [1.54, 1.807) is 0 Å². The Morgan fingerprint density at radius 2 is 1.39 bits per heavy atom. The van der Waals surface area contributed by atoms with Gasteiger partial charge in [-0.2, -0.15) is 0 Å². The predicted octanol–water partition coefficient (Wildman–Crippen LogP) is 8.47. The number of benzene rings is 1. The summed E-state index contributed by atoms with van der Waals surface area (Å²) in [5.41, 5.74) is 8.24. The fourth-order valence-electron chi connectivity index (χ4n) is 7.11. The van der Waals surface area contributed by atoms with Crippen molar-refractivity contribution in [2.24, 2.45) is 23.5 Å². The second-order valence-electron chi connectivity index (χ2n) is 11.3. The minimum absolute atomic E-state index is 0.0430. The minimum atomic E-state index is 0.0430. The van der Waals surface area contributed by atoms with E-state index in [4.69, 9.17) is 5.73 Å². The summed E-state index contributed by atoms with van der Waals surface area (Å²) in [6.45, 7) is 2.31. The van der Waals surface area contributed by atoms with Crippen LogP contribution in [-0.2, 0) is 0 Å². The molecule has 4 rings (SSSR count). The van der Waals surface area contributed by atoms with Crippen molar-refractivity contribution in [3.8, 4) is 0 Å². The third-order valence-electron chi connectivity index (χ3n) is 9.25. The van der Waals surface area contributed by atoms with Gasteiger partial charge < -0.3 is 5.73 Å². The number of unbranched alkanes of at least 4 members (excludes halogenated alkanes) is 2. The Labute approximate surface area is 190 Å². The van der Waals surface area contributed by atoms with Gasteiger partial charge in [0.25, 0.3) is 0 Å². The maximum Gasteiger partial charge on any atom is 0.126 e. The van der Waals surface area contributed by atoms with Crippen molar-refractivity contribution in [2.45, 2.75) is 128 Å². The highest BCUT2D eigenvalue weighted by Gasteiger charge is 2.31. The molecule has 3 aliphatic rings. The molecule has 2 N–H and O–H groups in total. The Bertz CT molecular complexity index is 661. The van der Waals surface area contributed by atoms with E-state index < -0.39 is 0 Å². The van der Waals surface area contributed by atoms with Crippen molar-refractivity contribution >= 4 is 0 Å². The molecule has 0 saturated heterocycles. The summed E-state index contributed by atoms with van der Waals surface area (Å²) in [5.74, 6) is 3.91. The second kappa shape index (κ2) is 11.3. The first-order valence-corrected chi connectivity index (χ1v) is 13.7. The molecule has 1 aromatic carbocycles. The van der Waals surface area contributed by atoms with Gasteiger partial charge >= 0.3 is 0 Å². The highest BCUT2D eigenvalue weighted by atomic mass is 19.1. The van der Waals surface area contributed by atoms with Crippen LogP contribution in [0.2, 0.25) is 0 Å². The number of rotatable bonds is 7. The lowest BCUT2D eigenvalue weighted by Gasteiger charge is -2.38. The fraction of sp³-hybridized carbons (Fsp3) is 0.793. The molecule has 3 fully saturated rings. The summed E-state index contributed by atoms with van der Waals surface area (Å²) in [7, 11) is 0. The van der Waals surface area contributed by atoms with Crippen molar-refractivity contribution < 1.29 is 4.39 Å². The Morgan fingerprint density at radius 1 is 0.774 bits per heavy atom. The van der Waals surface area contributed by atoms with Crippen LogP contribution in [0.25, 0.3) is 0 Å². The molecular formula is C29H46FN. The molecule has 2 heteroatoms. The summed E-state index contributed by atoms with van der Waals surface area (Å²) in [6, 6.07) is 6.57. The normalized spacial score (nSPS) is 34.5. The molecule has 0 spiro atoms. The van der Waals surface area contributed by atoms with Gasteiger partial charge in [0.15, 0.2) is 0 Å². The maximum absolute atomic E-state index is 15.0. The Hall–Kier alpha value is -0.890. The Morgan fingerprint density at radius 3 is 2.00 bits per heavy atom. The Kier molecular flexibility index (Phi) is 8.49. The lowest BCUT2D eigenvalue weighted by Crippen LogP contribution is -2.26. The maximum atomic E-state index is 15.0. The second-order valence-corrected chi connectivity index (χ2v) is 11.3. The topological polar surface area (TPSA) is 26.0 Å². The van der Waals surface area contributed by atoms with Crippen molar-refractivity contribution in [3.63, 3.8) is 0 Å². The van der Waals surface area contributed by atoms with Crippen LogP contribution in [0.15, 0.2) is 18.2 Å². The molecule has 174 valence electrons. The van der Waals surface area contributed by atoms with E-state index in [0.29, 0.717) is 17.9 Å². The number of nitrogens with two attached hydrogens (primary N) is 1. The van der Waals surface area contributed by atoms with Gasteiger partial charge in [-0.05, 0) is 111 Å². The third kappa shape index (κ3) is 6.12. The first kappa shape index (κ1) is 23.3. The van der Waals surface area contributed by atoms with Crippen molar-refractivity contribution in [3.05, 3.63) is 35.1 Å². The van der Waals surface area contributed by atoms with E-state index in [0.717, 1.165) is 49.0 Å². The molecule has 1 aromatic rings. The molecule has 3 saturated carbocycles. The quantitative estimate of drug-likeness (QED) is 0.434. The van der Waals surface area contributed by atoms with Crippen LogP contribution in [0.4, 0.5) is 4.39 Å². The molecule has 1 nitrogen and oxygen atoms in total. The molecule has 0 radical (unpaired) electrons. The van der Waals surface area contributed by atoms with E-state index in [1.165, 1.54) is 82.6 Å². The number of halogens is 1. The van der Waals surface area contributed by atoms with E-state index in [9.17, 15) is 4.39 Å². The average molecular weight is 428 g/mol. The molecular weight excluding hydrogens is 381 g/mol. The SMILES string of the molecule is CCCCCC1CCC(C2CCC(c3ccc(C4CCC(N)CC4)c(F)c3)CC2)CC1. The van der Waals surface area contributed by atoms with E-state index in [-0.39, 0.29) is 5.82 Å². The summed E-state index contributed by atoms with van der Waals surface area (Å²) in [6.07, 6.45) is 21.0. The number of hydrogen-bond acceptors (Lipinski definition) is 1. The summed E-state index contributed by atoms with van der Waals surface area (Å²) >= 11 is 0. The molecule has 0 amide bonds. The van der Waals surface area contributed by atoms with Gasteiger partial charge in [-0.1, -0.05) is 57.6 Å². The van der Waals surface area contributed by atoms with Gasteiger partial charge in [-0.3, -0.25) is 0 Å². The zero-order valence-corrected chi connectivity index (χ0v) is 20.0. The van der Waals surface area contributed by atoms with Crippen LogP contribution < -0.4 is 5.73 Å². The minimum Gasteiger partial charge on any atom is -0.328 e. The van der Waals surface area contributed by atoms with Gasteiger partial charge in [0.1, 0.15) is 5.82 Å².